The molecule has 0 radical (unpaired) electrons. The average Bonchev–Trinajstić information content (AvgIpc) is 2.44. The zero-order chi connectivity index (χ0) is 12.5. The second-order valence-corrected chi connectivity index (χ2v) is 5.34. The summed E-state index contributed by atoms with van der Waals surface area (Å²) in [4.78, 5) is 11.6. The van der Waals surface area contributed by atoms with Crippen molar-refractivity contribution >= 4 is 21.9 Å². The summed E-state index contributed by atoms with van der Waals surface area (Å²) in [7, 11) is 0. The van der Waals surface area contributed by atoms with Crippen LogP contribution in [0.5, 0.6) is 0 Å². The van der Waals surface area contributed by atoms with Crippen LogP contribution in [-0.4, -0.2) is 22.4 Å². The largest absolute Gasteiger partial charge is 0.461 e. The maximum absolute atomic E-state index is 11.6. The molecule has 0 amide bonds. The Morgan fingerprint density at radius 1 is 1.50 bits per heavy atom. The lowest BCUT2D eigenvalue weighted by Gasteiger charge is -2.21. The molecule has 4 nitrogen and oxygen atoms in total. The van der Waals surface area contributed by atoms with E-state index in [4.69, 9.17) is 4.74 Å². The fraction of sp³-hybridized carbons (Fsp3) is 0.636. The second kappa shape index (κ2) is 4.57. The molecule has 1 rings (SSSR count). The van der Waals surface area contributed by atoms with Crippen LogP contribution in [-0.2, 0) is 10.3 Å². The number of hydrogen-bond donors (Lipinski definition) is 0. The first-order valence-corrected chi connectivity index (χ1v) is 6.01. The molecule has 5 heteroatoms. The minimum absolute atomic E-state index is 0.155. The standard InChI is InChI=1S/C11H17BrN2O2/c1-6-16-10(15)9-8(12)7(2)14(13-9)11(3,4)5/h6H2,1-5H3. The summed E-state index contributed by atoms with van der Waals surface area (Å²) in [6, 6.07) is 0. The van der Waals surface area contributed by atoms with E-state index in [1.807, 2.05) is 32.4 Å². The van der Waals surface area contributed by atoms with Crippen molar-refractivity contribution in [3.05, 3.63) is 15.9 Å². The highest BCUT2D eigenvalue weighted by atomic mass is 79.9. The molecule has 0 bridgehead atoms. The van der Waals surface area contributed by atoms with Crippen LogP contribution in [0.25, 0.3) is 0 Å². The topological polar surface area (TPSA) is 44.1 Å². The fourth-order valence-corrected chi connectivity index (χ4v) is 1.88. The van der Waals surface area contributed by atoms with Gasteiger partial charge in [0.15, 0.2) is 5.69 Å². The Labute approximate surface area is 104 Å². The lowest BCUT2D eigenvalue weighted by atomic mass is 10.1. The van der Waals surface area contributed by atoms with Crippen LogP contribution >= 0.6 is 15.9 Å². The van der Waals surface area contributed by atoms with Crippen LogP contribution in [0.3, 0.4) is 0 Å². The van der Waals surface area contributed by atoms with Crippen LogP contribution in [0.2, 0.25) is 0 Å². The van der Waals surface area contributed by atoms with Crippen LogP contribution in [0.15, 0.2) is 4.47 Å². The Morgan fingerprint density at radius 2 is 2.06 bits per heavy atom. The van der Waals surface area contributed by atoms with Crippen LogP contribution in [0, 0.1) is 6.92 Å². The van der Waals surface area contributed by atoms with Gasteiger partial charge < -0.3 is 4.74 Å². The van der Waals surface area contributed by atoms with E-state index in [9.17, 15) is 4.79 Å². The third kappa shape index (κ3) is 2.45. The van der Waals surface area contributed by atoms with E-state index in [0.29, 0.717) is 16.8 Å². The van der Waals surface area contributed by atoms with Crippen LogP contribution in [0.1, 0.15) is 43.9 Å². The predicted octanol–water partition coefficient (Wildman–Crippen LogP) is 2.89. The Hall–Kier alpha value is -0.840. The number of halogens is 1. The number of aromatic nitrogens is 2. The maximum atomic E-state index is 11.6. The van der Waals surface area contributed by atoms with E-state index in [2.05, 4.69) is 21.0 Å². The van der Waals surface area contributed by atoms with Gasteiger partial charge in [-0.05, 0) is 50.5 Å². The quantitative estimate of drug-likeness (QED) is 0.786. The van der Waals surface area contributed by atoms with Crippen molar-refractivity contribution in [1.82, 2.24) is 9.78 Å². The molecular weight excluding hydrogens is 272 g/mol. The normalized spacial score (nSPS) is 11.6. The van der Waals surface area contributed by atoms with Gasteiger partial charge in [0.2, 0.25) is 0 Å². The molecule has 0 N–H and O–H groups in total. The second-order valence-electron chi connectivity index (χ2n) is 4.55. The first-order valence-electron chi connectivity index (χ1n) is 5.21. The number of hydrogen-bond acceptors (Lipinski definition) is 3. The lowest BCUT2D eigenvalue weighted by molar-refractivity contribution is 0.0516. The SMILES string of the molecule is CCOC(=O)c1nn(C(C)(C)C)c(C)c1Br. The van der Waals surface area contributed by atoms with Crippen molar-refractivity contribution in [2.45, 2.75) is 40.2 Å². The summed E-state index contributed by atoms with van der Waals surface area (Å²) in [6.07, 6.45) is 0. The Bertz CT molecular complexity index is 405. The highest BCUT2D eigenvalue weighted by molar-refractivity contribution is 9.10. The maximum Gasteiger partial charge on any atom is 0.360 e. The van der Waals surface area contributed by atoms with Crippen LogP contribution < -0.4 is 0 Å². The first kappa shape index (κ1) is 13.2. The Balaban J connectivity index is 3.20. The van der Waals surface area contributed by atoms with Gasteiger partial charge in [-0.2, -0.15) is 5.10 Å². The van der Waals surface area contributed by atoms with Gasteiger partial charge in [-0.15, -0.1) is 0 Å². The van der Waals surface area contributed by atoms with Crippen molar-refractivity contribution in [3.8, 4) is 0 Å². The van der Waals surface area contributed by atoms with E-state index >= 15 is 0 Å². The highest BCUT2D eigenvalue weighted by Gasteiger charge is 2.25. The van der Waals surface area contributed by atoms with Gasteiger partial charge in [-0.3, -0.25) is 4.68 Å². The van der Waals surface area contributed by atoms with E-state index < -0.39 is 0 Å². The fourth-order valence-electron chi connectivity index (χ4n) is 1.47. The Morgan fingerprint density at radius 3 is 2.44 bits per heavy atom. The van der Waals surface area contributed by atoms with Gasteiger partial charge in [0.25, 0.3) is 0 Å². The summed E-state index contributed by atoms with van der Waals surface area (Å²) in [5, 5.41) is 4.29. The van der Waals surface area contributed by atoms with Crippen molar-refractivity contribution in [1.29, 1.82) is 0 Å². The summed E-state index contributed by atoms with van der Waals surface area (Å²) in [5.74, 6) is -0.388. The molecule has 0 atom stereocenters. The van der Waals surface area contributed by atoms with E-state index in [1.54, 1.807) is 6.92 Å². The minimum Gasteiger partial charge on any atom is -0.461 e. The van der Waals surface area contributed by atoms with Gasteiger partial charge in [0.05, 0.1) is 22.3 Å². The third-order valence-electron chi connectivity index (χ3n) is 2.15. The van der Waals surface area contributed by atoms with Gasteiger partial charge in [-0.25, -0.2) is 4.79 Å². The summed E-state index contributed by atoms with van der Waals surface area (Å²) in [5.41, 5.74) is 1.11. The van der Waals surface area contributed by atoms with Crippen molar-refractivity contribution in [2.24, 2.45) is 0 Å². The third-order valence-corrected chi connectivity index (χ3v) is 3.10. The molecule has 0 aliphatic rings. The smallest absolute Gasteiger partial charge is 0.360 e. The van der Waals surface area contributed by atoms with E-state index in [1.165, 1.54) is 0 Å². The zero-order valence-electron chi connectivity index (χ0n) is 10.3. The molecule has 0 aliphatic heterocycles. The molecule has 90 valence electrons. The molecule has 0 fully saturated rings. The van der Waals surface area contributed by atoms with Gasteiger partial charge in [0.1, 0.15) is 0 Å². The first-order chi connectivity index (χ1) is 7.29. The molecule has 1 aromatic rings. The van der Waals surface area contributed by atoms with Crippen LogP contribution in [0.4, 0.5) is 0 Å². The number of ether oxygens (including phenoxy) is 1. The molecule has 0 aliphatic carbocycles. The summed E-state index contributed by atoms with van der Waals surface area (Å²) >= 11 is 3.38. The summed E-state index contributed by atoms with van der Waals surface area (Å²) < 4.78 is 7.48. The van der Waals surface area contributed by atoms with Crippen molar-refractivity contribution in [3.63, 3.8) is 0 Å². The summed E-state index contributed by atoms with van der Waals surface area (Å²) in [6.45, 7) is 10.2. The number of carbonyl (C=O) groups is 1. The number of rotatable bonds is 2. The number of esters is 1. The Kier molecular flexibility index (Phi) is 3.78. The predicted molar refractivity (Wildman–Crippen MR) is 65.6 cm³/mol. The molecule has 16 heavy (non-hydrogen) atoms. The molecule has 0 saturated carbocycles. The molecule has 0 aromatic carbocycles. The molecule has 1 aromatic heterocycles. The monoisotopic (exact) mass is 288 g/mol. The average molecular weight is 289 g/mol. The lowest BCUT2D eigenvalue weighted by Crippen LogP contribution is -2.24. The molecule has 0 saturated heterocycles. The molecular formula is C11H17BrN2O2. The number of carbonyl (C=O) groups excluding carboxylic acids is 1. The van der Waals surface area contributed by atoms with Gasteiger partial charge >= 0.3 is 5.97 Å². The molecule has 0 unspecified atom stereocenters. The molecule has 0 spiro atoms. The van der Waals surface area contributed by atoms with Crippen molar-refractivity contribution in [2.75, 3.05) is 6.61 Å². The van der Waals surface area contributed by atoms with Gasteiger partial charge in [-0.1, -0.05) is 0 Å². The van der Waals surface area contributed by atoms with Crippen molar-refractivity contribution < 1.29 is 9.53 Å². The minimum atomic E-state index is -0.388. The van der Waals surface area contributed by atoms with E-state index in [0.717, 1.165) is 5.69 Å². The molecule has 1 heterocycles. The van der Waals surface area contributed by atoms with Gasteiger partial charge in [0, 0.05) is 0 Å². The zero-order valence-corrected chi connectivity index (χ0v) is 11.9. The number of nitrogens with zero attached hydrogens (tertiary/aromatic N) is 2. The highest BCUT2D eigenvalue weighted by Crippen LogP contribution is 2.26. The van der Waals surface area contributed by atoms with E-state index in [-0.39, 0.29) is 11.5 Å².